The number of aryl methyl sites for hydroxylation is 1. The molecule has 1 aliphatic heterocycles. The minimum Gasteiger partial charge on any atom is -0.459 e. The number of nitrogens with zero attached hydrogens (tertiary/aromatic N) is 3. The van der Waals surface area contributed by atoms with E-state index < -0.39 is 0 Å². The molecule has 1 fully saturated rings. The second-order valence-corrected chi connectivity index (χ2v) is 3.52. The topological polar surface area (TPSA) is 70.8 Å². The van der Waals surface area contributed by atoms with Crippen molar-refractivity contribution < 1.29 is 4.74 Å². The standard InChI is InChI=1S/C10H12N4O/c1-7-4-8(5-11)14-10(13-7)15-9-2-3-12-6-9/h4,9,12H,2-3,6H2,1H3. The second-order valence-electron chi connectivity index (χ2n) is 3.52. The van der Waals surface area contributed by atoms with Crippen molar-refractivity contribution in [2.45, 2.75) is 19.4 Å². The zero-order chi connectivity index (χ0) is 10.7. The van der Waals surface area contributed by atoms with E-state index in [0.29, 0.717) is 11.7 Å². The molecule has 0 amide bonds. The largest absolute Gasteiger partial charge is 0.459 e. The molecule has 1 unspecified atom stereocenters. The first kappa shape index (κ1) is 9.87. The summed E-state index contributed by atoms with van der Waals surface area (Å²) in [5.74, 6) is 0. The SMILES string of the molecule is Cc1cc(C#N)nc(OC2CCNC2)n1. The predicted molar refractivity (Wildman–Crippen MR) is 53.4 cm³/mol. The van der Waals surface area contributed by atoms with E-state index in [4.69, 9.17) is 10.00 Å². The molecule has 78 valence electrons. The molecule has 2 heterocycles. The van der Waals surface area contributed by atoms with Crippen LogP contribution < -0.4 is 10.1 Å². The lowest BCUT2D eigenvalue weighted by atomic mass is 10.3. The molecule has 15 heavy (non-hydrogen) atoms. The Morgan fingerprint density at radius 2 is 2.47 bits per heavy atom. The van der Waals surface area contributed by atoms with Crippen LogP contribution in [0.5, 0.6) is 6.01 Å². The lowest BCUT2D eigenvalue weighted by Gasteiger charge is -2.10. The van der Waals surface area contributed by atoms with Gasteiger partial charge in [-0.25, -0.2) is 4.98 Å². The van der Waals surface area contributed by atoms with Crippen LogP contribution in [0.25, 0.3) is 0 Å². The fourth-order valence-electron chi connectivity index (χ4n) is 1.53. The molecule has 5 nitrogen and oxygen atoms in total. The minimum atomic E-state index is 0.123. The Labute approximate surface area is 88.1 Å². The van der Waals surface area contributed by atoms with Gasteiger partial charge in [-0.15, -0.1) is 0 Å². The number of rotatable bonds is 2. The molecule has 1 N–H and O–H groups in total. The van der Waals surface area contributed by atoms with Crippen molar-refractivity contribution in [2.24, 2.45) is 0 Å². The fourth-order valence-corrected chi connectivity index (χ4v) is 1.53. The van der Waals surface area contributed by atoms with E-state index in [-0.39, 0.29) is 6.10 Å². The number of nitriles is 1. The highest BCUT2D eigenvalue weighted by molar-refractivity contribution is 5.23. The van der Waals surface area contributed by atoms with Gasteiger partial charge >= 0.3 is 6.01 Å². The molecule has 0 saturated carbocycles. The average Bonchev–Trinajstić information content (AvgIpc) is 2.69. The van der Waals surface area contributed by atoms with E-state index in [1.165, 1.54) is 0 Å². The molecule has 0 bridgehead atoms. The van der Waals surface area contributed by atoms with E-state index in [1.807, 2.05) is 13.0 Å². The molecule has 1 saturated heterocycles. The third kappa shape index (κ3) is 2.42. The van der Waals surface area contributed by atoms with Crippen LogP contribution >= 0.6 is 0 Å². The first-order valence-corrected chi connectivity index (χ1v) is 4.91. The van der Waals surface area contributed by atoms with Gasteiger partial charge in [0.25, 0.3) is 0 Å². The minimum absolute atomic E-state index is 0.123. The van der Waals surface area contributed by atoms with Crippen LogP contribution in [0.3, 0.4) is 0 Å². The normalized spacial score (nSPS) is 19.9. The summed E-state index contributed by atoms with van der Waals surface area (Å²) in [6.45, 7) is 3.60. The highest BCUT2D eigenvalue weighted by atomic mass is 16.5. The third-order valence-electron chi connectivity index (χ3n) is 2.24. The van der Waals surface area contributed by atoms with Crippen molar-refractivity contribution in [3.05, 3.63) is 17.5 Å². The van der Waals surface area contributed by atoms with Crippen LogP contribution in [0, 0.1) is 18.3 Å². The molecule has 1 atom stereocenters. The van der Waals surface area contributed by atoms with Gasteiger partial charge in [-0.3, -0.25) is 0 Å². The van der Waals surface area contributed by atoms with E-state index in [0.717, 1.165) is 25.2 Å². The monoisotopic (exact) mass is 204 g/mol. The molecule has 2 rings (SSSR count). The van der Waals surface area contributed by atoms with Crippen LogP contribution in [0.15, 0.2) is 6.07 Å². The Bertz CT molecular complexity index is 393. The molecule has 1 aromatic heterocycles. The quantitative estimate of drug-likeness (QED) is 0.755. The van der Waals surface area contributed by atoms with Gasteiger partial charge in [0.1, 0.15) is 17.9 Å². The molecule has 0 aromatic carbocycles. The maximum atomic E-state index is 8.74. The maximum absolute atomic E-state index is 8.74. The van der Waals surface area contributed by atoms with Gasteiger partial charge in [-0.2, -0.15) is 10.2 Å². The Kier molecular flexibility index (Phi) is 2.79. The molecule has 1 aromatic rings. The number of nitrogens with one attached hydrogen (secondary N) is 1. The fraction of sp³-hybridized carbons (Fsp3) is 0.500. The second kappa shape index (κ2) is 4.24. The van der Waals surface area contributed by atoms with Gasteiger partial charge in [0.05, 0.1) is 0 Å². The number of hydrogen-bond donors (Lipinski definition) is 1. The van der Waals surface area contributed by atoms with Gasteiger partial charge in [0.15, 0.2) is 0 Å². The van der Waals surface area contributed by atoms with Crippen molar-refractivity contribution in [3.63, 3.8) is 0 Å². The van der Waals surface area contributed by atoms with Gasteiger partial charge < -0.3 is 10.1 Å². The highest BCUT2D eigenvalue weighted by Crippen LogP contribution is 2.11. The Balaban J connectivity index is 2.13. The molecule has 0 aliphatic carbocycles. The Hall–Kier alpha value is -1.67. The van der Waals surface area contributed by atoms with Crippen molar-refractivity contribution in [3.8, 4) is 12.1 Å². The zero-order valence-electron chi connectivity index (χ0n) is 8.53. The summed E-state index contributed by atoms with van der Waals surface area (Å²) in [4.78, 5) is 8.13. The number of hydrogen-bond acceptors (Lipinski definition) is 5. The molecule has 0 radical (unpaired) electrons. The summed E-state index contributed by atoms with van der Waals surface area (Å²) < 4.78 is 5.56. The maximum Gasteiger partial charge on any atom is 0.318 e. The van der Waals surface area contributed by atoms with Crippen molar-refractivity contribution in [1.82, 2.24) is 15.3 Å². The average molecular weight is 204 g/mol. The summed E-state index contributed by atoms with van der Waals surface area (Å²) in [6.07, 6.45) is 1.08. The molecular weight excluding hydrogens is 192 g/mol. The Morgan fingerprint density at radius 1 is 1.60 bits per heavy atom. The lowest BCUT2D eigenvalue weighted by molar-refractivity contribution is 0.203. The van der Waals surface area contributed by atoms with Crippen molar-refractivity contribution in [1.29, 1.82) is 5.26 Å². The van der Waals surface area contributed by atoms with Crippen LogP contribution in [0.1, 0.15) is 17.8 Å². The zero-order valence-corrected chi connectivity index (χ0v) is 8.53. The molecule has 5 heteroatoms. The van der Waals surface area contributed by atoms with Crippen molar-refractivity contribution in [2.75, 3.05) is 13.1 Å². The first-order valence-electron chi connectivity index (χ1n) is 4.91. The van der Waals surface area contributed by atoms with E-state index in [2.05, 4.69) is 15.3 Å². The first-order chi connectivity index (χ1) is 7.28. The van der Waals surface area contributed by atoms with Gasteiger partial charge in [-0.05, 0) is 26.0 Å². The summed E-state index contributed by atoms with van der Waals surface area (Å²) in [5, 5.41) is 11.9. The van der Waals surface area contributed by atoms with Gasteiger partial charge in [0, 0.05) is 12.2 Å². The molecule has 1 aliphatic rings. The Morgan fingerprint density at radius 3 is 3.13 bits per heavy atom. The highest BCUT2D eigenvalue weighted by Gasteiger charge is 2.17. The van der Waals surface area contributed by atoms with Gasteiger partial charge in [-0.1, -0.05) is 0 Å². The molecular formula is C10H12N4O. The summed E-state index contributed by atoms with van der Waals surface area (Å²) in [6, 6.07) is 3.93. The van der Waals surface area contributed by atoms with E-state index in [1.54, 1.807) is 6.07 Å². The van der Waals surface area contributed by atoms with Crippen LogP contribution in [0.4, 0.5) is 0 Å². The number of ether oxygens (including phenoxy) is 1. The van der Waals surface area contributed by atoms with Crippen molar-refractivity contribution >= 4 is 0 Å². The number of aromatic nitrogens is 2. The van der Waals surface area contributed by atoms with Crippen LogP contribution in [0.2, 0.25) is 0 Å². The van der Waals surface area contributed by atoms with Crippen LogP contribution in [-0.2, 0) is 0 Å². The summed E-state index contributed by atoms with van der Waals surface area (Å²) in [7, 11) is 0. The summed E-state index contributed by atoms with van der Waals surface area (Å²) in [5.41, 5.74) is 1.10. The van der Waals surface area contributed by atoms with Gasteiger partial charge in [0.2, 0.25) is 0 Å². The molecule has 0 spiro atoms. The third-order valence-corrected chi connectivity index (χ3v) is 2.24. The predicted octanol–water partition coefficient (Wildman–Crippen LogP) is 0.397. The van der Waals surface area contributed by atoms with E-state index in [9.17, 15) is 0 Å². The smallest absolute Gasteiger partial charge is 0.318 e. The lowest BCUT2D eigenvalue weighted by Crippen LogP contribution is -2.21. The van der Waals surface area contributed by atoms with E-state index >= 15 is 0 Å². The summed E-state index contributed by atoms with van der Waals surface area (Å²) >= 11 is 0. The van der Waals surface area contributed by atoms with Crippen LogP contribution in [-0.4, -0.2) is 29.2 Å².